The minimum Gasteiger partial charge on any atom is -0.496 e. The first kappa shape index (κ1) is 20.7. The predicted octanol–water partition coefficient (Wildman–Crippen LogP) is 4.28. The molecule has 28 heavy (non-hydrogen) atoms. The fourth-order valence-electron chi connectivity index (χ4n) is 3.73. The number of aromatic nitrogens is 2. The van der Waals surface area contributed by atoms with Gasteiger partial charge in [-0.2, -0.15) is 13.2 Å². The Morgan fingerprint density at radius 2 is 1.93 bits per heavy atom. The van der Waals surface area contributed by atoms with Crippen LogP contribution in [-0.4, -0.2) is 35.3 Å². The van der Waals surface area contributed by atoms with Crippen molar-refractivity contribution in [3.63, 3.8) is 0 Å². The summed E-state index contributed by atoms with van der Waals surface area (Å²) in [6, 6.07) is 2.96. The number of methoxy groups -OCH3 is 1. The summed E-state index contributed by atoms with van der Waals surface area (Å²) in [5.41, 5.74) is -1.63. The molecule has 1 atom stereocenters. The smallest absolute Gasteiger partial charge is 0.435 e. The Labute approximate surface area is 166 Å². The number of hydrogen-bond donors (Lipinski definition) is 1. The summed E-state index contributed by atoms with van der Waals surface area (Å²) in [4.78, 5) is 9.18. The number of alkyl halides is 3. The molecule has 1 fully saturated rings. The molecule has 152 valence electrons. The van der Waals surface area contributed by atoms with Gasteiger partial charge in [-0.1, -0.05) is 11.6 Å². The molecule has 5 nitrogen and oxygen atoms in total. The number of halogens is 4. The summed E-state index contributed by atoms with van der Waals surface area (Å²) >= 11 is 5.88. The molecular formula is C19H21ClF3N3O2. The normalized spacial score (nSPS) is 18.0. The second-order valence-corrected chi connectivity index (χ2v) is 7.44. The van der Waals surface area contributed by atoms with E-state index in [-0.39, 0.29) is 16.6 Å². The molecule has 9 heteroatoms. The van der Waals surface area contributed by atoms with Gasteiger partial charge in [0.05, 0.1) is 23.4 Å². The van der Waals surface area contributed by atoms with E-state index < -0.39 is 17.5 Å². The van der Waals surface area contributed by atoms with Crippen LogP contribution in [0.15, 0.2) is 30.7 Å². The fraction of sp³-hybridized carbons (Fsp3) is 0.474. The highest BCUT2D eigenvalue weighted by atomic mass is 35.5. The van der Waals surface area contributed by atoms with E-state index in [4.69, 9.17) is 16.3 Å². The standard InChI is InChI=1S/C19H21ClF3N3O2/c1-18(27,14-11-24-6-3-16(14)28-2)12-4-7-26(8-5-12)15-9-13(20)10-25-17(15)19(21,22)23/h3,6,9-12,27H,4-5,7-8H2,1-2H3. The number of rotatable bonds is 4. The van der Waals surface area contributed by atoms with Gasteiger partial charge in [-0.25, -0.2) is 4.98 Å². The van der Waals surface area contributed by atoms with Gasteiger partial charge in [-0.05, 0) is 37.8 Å². The molecule has 2 aromatic rings. The Kier molecular flexibility index (Phi) is 5.72. The van der Waals surface area contributed by atoms with Crippen LogP contribution in [0.3, 0.4) is 0 Å². The van der Waals surface area contributed by atoms with E-state index in [0.717, 1.165) is 6.20 Å². The Bertz CT molecular complexity index is 837. The molecule has 0 spiro atoms. The van der Waals surface area contributed by atoms with Crippen molar-refractivity contribution in [1.82, 2.24) is 9.97 Å². The van der Waals surface area contributed by atoms with Crippen LogP contribution in [0, 0.1) is 5.92 Å². The summed E-state index contributed by atoms with van der Waals surface area (Å²) in [6.45, 7) is 2.37. The molecule has 3 heterocycles. The van der Waals surface area contributed by atoms with Gasteiger partial charge in [0.25, 0.3) is 0 Å². The molecule has 0 aliphatic carbocycles. The minimum atomic E-state index is -4.56. The van der Waals surface area contributed by atoms with Gasteiger partial charge in [0.2, 0.25) is 0 Å². The fourth-order valence-corrected chi connectivity index (χ4v) is 3.88. The van der Waals surface area contributed by atoms with Crippen LogP contribution in [0.1, 0.15) is 31.0 Å². The number of hydrogen-bond acceptors (Lipinski definition) is 5. The maximum absolute atomic E-state index is 13.3. The van der Waals surface area contributed by atoms with Crippen LogP contribution in [0.5, 0.6) is 5.75 Å². The number of anilines is 1. The first-order valence-corrected chi connectivity index (χ1v) is 9.21. The summed E-state index contributed by atoms with van der Waals surface area (Å²) in [6.07, 6.45) is 0.564. The minimum absolute atomic E-state index is 0.0305. The quantitative estimate of drug-likeness (QED) is 0.807. The lowest BCUT2D eigenvalue weighted by molar-refractivity contribution is -0.140. The van der Waals surface area contributed by atoms with E-state index in [1.165, 1.54) is 13.2 Å². The highest BCUT2D eigenvalue weighted by Crippen LogP contribution is 2.42. The van der Waals surface area contributed by atoms with Crippen molar-refractivity contribution in [2.24, 2.45) is 5.92 Å². The average Bonchev–Trinajstić information content (AvgIpc) is 2.67. The van der Waals surface area contributed by atoms with Gasteiger partial charge in [0.15, 0.2) is 5.69 Å². The molecule has 1 unspecified atom stereocenters. The molecule has 2 aromatic heterocycles. The summed E-state index contributed by atoms with van der Waals surface area (Å²) in [5.74, 6) is 0.365. The van der Waals surface area contributed by atoms with Crippen molar-refractivity contribution in [2.45, 2.75) is 31.5 Å². The lowest BCUT2D eigenvalue weighted by Gasteiger charge is -2.41. The SMILES string of the molecule is COc1ccncc1C(C)(O)C1CCN(c2cc(Cl)cnc2C(F)(F)F)CC1. The zero-order valence-electron chi connectivity index (χ0n) is 15.5. The van der Waals surface area contributed by atoms with Crippen LogP contribution in [-0.2, 0) is 11.8 Å². The second kappa shape index (κ2) is 7.75. The van der Waals surface area contributed by atoms with Gasteiger partial charge in [0.1, 0.15) is 5.75 Å². The van der Waals surface area contributed by atoms with Crippen LogP contribution in [0.25, 0.3) is 0 Å². The molecule has 1 saturated heterocycles. The maximum Gasteiger partial charge on any atom is 0.435 e. The largest absolute Gasteiger partial charge is 0.496 e. The number of nitrogens with zero attached hydrogens (tertiary/aromatic N) is 3. The molecular weight excluding hydrogens is 395 g/mol. The zero-order valence-corrected chi connectivity index (χ0v) is 16.3. The lowest BCUT2D eigenvalue weighted by atomic mass is 9.77. The van der Waals surface area contributed by atoms with Crippen LogP contribution < -0.4 is 9.64 Å². The highest BCUT2D eigenvalue weighted by molar-refractivity contribution is 6.30. The van der Waals surface area contributed by atoms with Crippen molar-refractivity contribution in [1.29, 1.82) is 0 Å². The van der Waals surface area contributed by atoms with Gasteiger partial charge >= 0.3 is 6.18 Å². The Morgan fingerprint density at radius 3 is 2.54 bits per heavy atom. The molecule has 1 aliphatic heterocycles. The zero-order chi connectivity index (χ0) is 20.5. The summed E-state index contributed by atoms with van der Waals surface area (Å²) < 4.78 is 45.3. The molecule has 0 saturated carbocycles. The number of ether oxygens (including phenoxy) is 1. The van der Waals surface area contributed by atoms with Crippen molar-refractivity contribution < 1.29 is 23.0 Å². The van der Waals surface area contributed by atoms with Crippen LogP contribution >= 0.6 is 11.6 Å². The van der Waals surface area contributed by atoms with Crippen molar-refractivity contribution in [3.05, 3.63) is 47.0 Å². The molecule has 0 amide bonds. The van der Waals surface area contributed by atoms with Gasteiger partial charge in [-0.15, -0.1) is 0 Å². The number of piperidine rings is 1. The molecule has 0 radical (unpaired) electrons. The first-order chi connectivity index (χ1) is 13.1. The van der Waals surface area contributed by atoms with Crippen LogP contribution in [0.2, 0.25) is 5.02 Å². The third kappa shape index (κ3) is 4.03. The molecule has 0 aromatic carbocycles. The Morgan fingerprint density at radius 1 is 1.25 bits per heavy atom. The molecule has 1 N–H and O–H groups in total. The van der Waals surface area contributed by atoms with Crippen molar-refractivity contribution in [2.75, 3.05) is 25.1 Å². The highest BCUT2D eigenvalue weighted by Gasteiger charge is 2.41. The van der Waals surface area contributed by atoms with Gasteiger partial charge in [0, 0.05) is 37.2 Å². The average molecular weight is 416 g/mol. The summed E-state index contributed by atoms with van der Waals surface area (Å²) in [7, 11) is 1.52. The number of aliphatic hydroxyl groups is 1. The Balaban J connectivity index is 1.81. The third-order valence-electron chi connectivity index (χ3n) is 5.28. The van der Waals surface area contributed by atoms with Crippen LogP contribution in [0.4, 0.5) is 18.9 Å². The molecule has 3 rings (SSSR count). The third-order valence-corrected chi connectivity index (χ3v) is 5.49. The van der Waals surface area contributed by atoms with E-state index in [2.05, 4.69) is 9.97 Å². The topological polar surface area (TPSA) is 58.5 Å². The van der Waals surface area contributed by atoms with Gasteiger partial charge < -0.3 is 14.7 Å². The first-order valence-electron chi connectivity index (χ1n) is 8.83. The molecule has 0 bridgehead atoms. The maximum atomic E-state index is 13.3. The van der Waals surface area contributed by atoms with E-state index >= 15 is 0 Å². The van der Waals surface area contributed by atoms with E-state index in [9.17, 15) is 18.3 Å². The van der Waals surface area contributed by atoms with Crippen molar-refractivity contribution >= 4 is 17.3 Å². The predicted molar refractivity (Wildman–Crippen MR) is 99.5 cm³/mol. The second-order valence-electron chi connectivity index (χ2n) is 7.00. The van der Waals surface area contributed by atoms with Crippen molar-refractivity contribution in [3.8, 4) is 5.75 Å². The van der Waals surface area contributed by atoms with Gasteiger partial charge in [-0.3, -0.25) is 4.98 Å². The van der Waals surface area contributed by atoms with E-state index in [1.54, 1.807) is 30.3 Å². The monoisotopic (exact) mass is 415 g/mol. The summed E-state index contributed by atoms with van der Waals surface area (Å²) in [5, 5.41) is 11.3. The lowest BCUT2D eigenvalue weighted by Crippen LogP contribution is -2.43. The van der Waals surface area contributed by atoms with E-state index in [1.807, 2.05) is 0 Å². The molecule has 1 aliphatic rings. The Hall–Kier alpha value is -2.06. The van der Waals surface area contributed by atoms with E-state index in [0.29, 0.717) is 37.2 Å². The number of pyridine rings is 2.